The third-order valence-corrected chi connectivity index (χ3v) is 12.0. The van der Waals surface area contributed by atoms with Crippen LogP contribution in [0.15, 0.2) is 40.5 Å². The number of piperazine rings is 1. The number of aromatic nitrogens is 2. The molecule has 0 bridgehead atoms. The van der Waals surface area contributed by atoms with Gasteiger partial charge in [-0.25, -0.2) is 9.18 Å². The highest BCUT2D eigenvalue weighted by Crippen LogP contribution is 2.54. The number of hydrogen-bond acceptors (Lipinski definition) is 9. The standard InChI is InChI=1S/C33H28F4N6O3S2/c1-4-23(45)43-15(2)11-41(12-16(43)3)30-19-7-21(33(35,36)37)25(18-5-6-22(34)27-24(18)20(10-38)29(39)48-27)28-26(19)42(31(46)40-30)13-32(14-47-28)8-17(44)9-32/h4-7,15-16H,1,8-9,11-14,39H2,2-3H3/t15-,16+. The van der Waals surface area contributed by atoms with Crippen molar-refractivity contribution in [3.8, 4) is 17.2 Å². The molecule has 2 aliphatic heterocycles. The summed E-state index contributed by atoms with van der Waals surface area (Å²) in [5.74, 6) is -0.720. The molecule has 2 N–H and O–H groups in total. The van der Waals surface area contributed by atoms with Crippen molar-refractivity contribution >= 4 is 66.6 Å². The fourth-order valence-electron chi connectivity index (χ4n) is 7.56. The first-order valence-corrected chi connectivity index (χ1v) is 16.9. The lowest BCUT2D eigenvalue weighted by molar-refractivity contribution is -0.137. The summed E-state index contributed by atoms with van der Waals surface area (Å²) < 4.78 is 62.4. The van der Waals surface area contributed by atoms with Gasteiger partial charge in [0.1, 0.15) is 28.5 Å². The van der Waals surface area contributed by atoms with Crippen molar-refractivity contribution < 1.29 is 27.2 Å². The van der Waals surface area contributed by atoms with E-state index in [1.807, 2.05) is 6.07 Å². The predicted molar refractivity (Wildman–Crippen MR) is 176 cm³/mol. The molecular weight excluding hydrogens is 669 g/mol. The molecule has 2 fully saturated rings. The molecule has 248 valence electrons. The van der Waals surface area contributed by atoms with Crippen molar-refractivity contribution in [1.29, 1.82) is 5.26 Å². The number of halogens is 4. The minimum Gasteiger partial charge on any atom is -0.389 e. The number of nitriles is 1. The lowest BCUT2D eigenvalue weighted by atomic mass is 9.69. The van der Waals surface area contributed by atoms with Crippen molar-refractivity contribution in [3.63, 3.8) is 0 Å². The van der Waals surface area contributed by atoms with Gasteiger partial charge in [-0.15, -0.1) is 23.1 Å². The topological polar surface area (TPSA) is 125 Å². The molecule has 1 aliphatic carbocycles. The van der Waals surface area contributed by atoms with E-state index in [0.29, 0.717) is 0 Å². The minimum absolute atomic E-state index is 0.00537. The Hall–Kier alpha value is -4.42. The van der Waals surface area contributed by atoms with E-state index in [4.69, 9.17) is 5.73 Å². The van der Waals surface area contributed by atoms with Crippen LogP contribution in [0.2, 0.25) is 0 Å². The summed E-state index contributed by atoms with van der Waals surface area (Å²) in [5, 5.41) is 9.99. The Morgan fingerprint density at radius 2 is 1.90 bits per heavy atom. The molecule has 48 heavy (non-hydrogen) atoms. The number of anilines is 2. The maximum atomic E-state index is 15.3. The average Bonchev–Trinajstić information content (AvgIpc) is 3.24. The maximum absolute atomic E-state index is 15.3. The molecule has 4 aromatic rings. The molecule has 15 heteroatoms. The van der Waals surface area contributed by atoms with Gasteiger partial charge in [-0.05, 0) is 37.6 Å². The zero-order chi connectivity index (χ0) is 34.4. The molecule has 9 nitrogen and oxygen atoms in total. The first-order chi connectivity index (χ1) is 22.7. The van der Waals surface area contributed by atoms with Gasteiger partial charge in [0.05, 0.1) is 21.3 Å². The normalized spacial score (nSPS) is 20.6. The van der Waals surface area contributed by atoms with Crippen molar-refractivity contribution in [2.24, 2.45) is 5.41 Å². The van der Waals surface area contributed by atoms with Crippen LogP contribution in [0.5, 0.6) is 0 Å². The monoisotopic (exact) mass is 696 g/mol. The molecule has 2 aromatic heterocycles. The Bertz CT molecular complexity index is 2180. The Labute approximate surface area is 279 Å². The number of nitrogens with zero attached hydrogens (tertiary/aromatic N) is 5. The summed E-state index contributed by atoms with van der Waals surface area (Å²) in [5.41, 5.74) is 3.42. The van der Waals surface area contributed by atoms with E-state index in [1.165, 1.54) is 16.7 Å². The number of alkyl halides is 3. The van der Waals surface area contributed by atoms with Gasteiger partial charge in [-0.1, -0.05) is 12.6 Å². The van der Waals surface area contributed by atoms with Crippen molar-refractivity contribution in [1.82, 2.24) is 14.5 Å². The van der Waals surface area contributed by atoms with E-state index < -0.39 is 28.7 Å². The Balaban J connectivity index is 1.57. The molecule has 1 spiro atoms. The summed E-state index contributed by atoms with van der Waals surface area (Å²) in [4.78, 5) is 46.7. The quantitative estimate of drug-likeness (QED) is 0.206. The Morgan fingerprint density at radius 1 is 1.21 bits per heavy atom. The van der Waals surface area contributed by atoms with Gasteiger partial charge >= 0.3 is 11.9 Å². The highest BCUT2D eigenvalue weighted by Gasteiger charge is 2.47. The summed E-state index contributed by atoms with van der Waals surface area (Å²) in [6.45, 7) is 7.64. The van der Waals surface area contributed by atoms with Gasteiger partial charge in [0, 0.05) is 77.0 Å². The Kier molecular flexibility index (Phi) is 7.41. The first-order valence-electron chi connectivity index (χ1n) is 15.1. The molecule has 4 heterocycles. The van der Waals surface area contributed by atoms with E-state index in [9.17, 15) is 19.6 Å². The largest absolute Gasteiger partial charge is 0.417 e. The second kappa shape index (κ2) is 11.1. The summed E-state index contributed by atoms with van der Waals surface area (Å²) in [6, 6.07) is 4.42. The van der Waals surface area contributed by atoms with Crippen LogP contribution < -0.4 is 16.3 Å². The van der Waals surface area contributed by atoms with Crippen LogP contribution in [0.4, 0.5) is 28.4 Å². The number of benzene rings is 2. The van der Waals surface area contributed by atoms with Gasteiger partial charge in [-0.2, -0.15) is 23.4 Å². The number of ketones is 1. The number of nitrogen functional groups attached to an aromatic ring is 1. The highest BCUT2D eigenvalue weighted by atomic mass is 32.2. The van der Waals surface area contributed by atoms with Crippen molar-refractivity contribution in [2.45, 2.75) is 56.4 Å². The van der Waals surface area contributed by atoms with Crippen LogP contribution in [-0.2, 0) is 22.3 Å². The van der Waals surface area contributed by atoms with Gasteiger partial charge in [0.25, 0.3) is 0 Å². The number of rotatable bonds is 3. The van der Waals surface area contributed by atoms with Crippen molar-refractivity contribution in [3.05, 3.63) is 58.3 Å². The number of amides is 1. The van der Waals surface area contributed by atoms with E-state index in [1.54, 1.807) is 23.6 Å². The zero-order valence-electron chi connectivity index (χ0n) is 25.8. The van der Waals surface area contributed by atoms with Crippen LogP contribution in [0, 0.1) is 22.6 Å². The van der Waals surface area contributed by atoms with E-state index >= 15 is 17.6 Å². The average molecular weight is 697 g/mol. The van der Waals surface area contributed by atoms with Crippen molar-refractivity contribution in [2.75, 3.05) is 29.5 Å². The SMILES string of the molecule is C=CC(=O)N1[C@H](C)CN(c2nc(=O)n3c4c(c(-c5ccc(F)c6sc(N)c(C#N)c56)c(C(F)(F)F)cc24)SCC2(CC(=O)C2)C3)C[C@@H]1C. The molecule has 0 radical (unpaired) electrons. The smallest absolute Gasteiger partial charge is 0.389 e. The molecule has 2 aromatic carbocycles. The summed E-state index contributed by atoms with van der Waals surface area (Å²) in [7, 11) is 0. The lowest BCUT2D eigenvalue weighted by Crippen LogP contribution is -2.58. The van der Waals surface area contributed by atoms with Crippen LogP contribution >= 0.6 is 23.1 Å². The molecule has 7 rings (SSSR count). The Morgan fingerprint density at radius 3 is 2.50 bits per heavy atom. The van der Waals surface area contributed by atoms with E-state index in [0.717, 1.165) is 35.2 Å². The van der Waals surface area contributed by atoms with Gasteiger partial charge in [0.15, 0.2) is 0 Å². The summed E-state index contributed by atoms with van der Waals surface area (Å²) in [6.07, 6.45) is -3.39. The van der Waals surface area contributed by atoms with Gasteiger partial charge in [-0.3, -0.25) is 14.2 Å². The lowest BCUT2D eigenvalue weighted by Gasteiger charge is -2.44. The number of fused-ring (bicyclic) bond motifs is 1. The molecule has 1 amide bonds. The number of nitrogens with two attached hydrogens (primary N) is 1. The number of thiophene rings is 1. The molecule has 2 atom stereocenters. The number of thioether (sulfide) groups is 1. The summed E-state index contributed by atoms with van der Waals surface area (Å²) >= 11 is 1.90. The fraction of sp³-hybridized carbons (Fsp3) is 0.364. The molecule has 0 unspecified atom stereocenters. The molecule has 1 saturated carbocycles. The van der Waals surface area contributed by atoms with E-state index in [-0.39, 0.29) is 115 Å². The second-order valence-electron chi connectivity index (χ2n) is 12.8. The second-order valence-corrected chi connectivity index (χ2v) is 14.8. The number of Topliss-reactive ketones (excluding diaryl/α,β-unsaturated/α-hetero) is 1. The number of hydrogen-bond donors (Lipinski definition) is 1. The molecule has 3 aliphatic rings. The van der Waals surface area contributed by atoms with Crippen LogP contribution in [0.25, 0.3) is 32.1 Å². The first kappa shape index (κ1) is 32.1. The number of carbonyl (C=O) groups excluding carboxylic acids is 2. The third-order valence-electron chi connectivity index (χ3n) is 9.51. The van der Waals surface area contributed by atoms with E-state index in [2.05, 4.69) is 11.6 Å². The zero-order valence-corrected chi connectivity index (χ0v) is 27.4. The van der Waals surface area contributed by atoms with Crippen LogP contribution in [0.1, 0.15) is 37.8 Å². The molecular formula is C33H28F4N6O3S2. The minimum atomic E-state index is -4.93. The third kappa shape index (κ3) is 4.79. The van der Waals surface area contributed by atoms with Crippen LogP contribution in [-0.4, -0.2) is 57.1 Å². The predicted octanol–water partition coefficient (Wildman–Crippen LogP) is 5.96. The highest BCUT2D eigenvalue weighted by molar-refractivity contribution is 7.99. The van der Waals surface area contributed by atoms with Gasteiger partial charge < -0.3 is 15.5 Å². The molecule has 1 saturated heterocycles. The van der Waals surface area contributed by atoms with Crippen LogP contribution in [0.3, 0.4) is 0 Å². The number of carbonyl (C=O) groups is 2. The fourth-order valence-corrected chi connectivity index (χ4v) is 9.98. The van der Waals surface area contributed by atoms with Gasteiger partial charge in [0.2, 0.25) is 5.91 Å². The maximum Gasteiger partial charge on any atom is 0.417 e.